The van der Waals surface area contributed by atoms with E-state index in [0.717, 1.165) is 28.2 Å². The van der Waals surface area contributed by atoms with E-state index in [-0.39, 0.29) is 0 Å². The number of hydrogen-bond acceptors (Lipinski definition) is 3. The van der Waals surface area contributed by atoms with Crippen LogP contribution in [0, 0.1) is 5.92 Å². The fraction of sp³-hybridized carbons (Fsp3) is 0.375. The molecule has 6 heteroatoms. The molecule has 1 unspecified atom stereocenters. The molecule has 0 radical (unpaired) electrons. The number of sulfonamides is 1. The zero-order valence-corrected chi connectivity index (χ0v) is 14.8. The van der Waals surface area contributed by atoms with Crippen LogP contribution in [-0.4, -0.2) is 39.4 Å². The topological polar surface area (TPSA) is 49.4 Å². The molecule has 1 aliphatic heterocycles. The monoisotopic (exact) mass is 382 g/mol. The van der Waals surface area contributed by atoms with Crippen molar-refractivity contribution in [1.29, 1.82) is 0 Å². The Bertz CT molecular complexity index is 792. The Hall–Kier alpha value is -0.950. The molecular weight excluding hydrogens is 364 g/mol. The largest absolute Gasteiger partial charge is 0.319 e. The zero-order chi connectivity index (χ0) is 15.7. The fourth-order valence-electron chi connectivity index (χ4n) is 2.97. The lowest BCUT2D eigenvalue weighted by molar-refractivity contribution is 0.451. The average Bonchev–Trinajstić information content (AvgIpc) is 2.96. The SMILES string of the molecule is CNCC1CCN(S(=O)(=O)c2ccc3cc(Br)ccc3c2)C1. The normalized spacial score (nSPS) is 19.8. The summed E-state index contributed by atoms with van der Waals surface area (Å²) in [6.45, 7) is 2.06. The lowest BCUT2D eigenvalue weighted by Gasteiger charge is -2.17. The van der Waals surface area contributed by atoms with Crippen molar-refractivity contribution in [3.63, 3.8) is 0 Å². The maximum absolute atomic E-state index is 12.8. The number of nitrogens with zero attached hydrogens (tertiary/aromatic N) is 1. The van der Waals surface area contributed by atoms with Crippen LogP contribution in [0.3, 0.4) is 0 Å². The zero-order valence-electron chi connectivity index (χ0n) is 12.4. The van der Waals surface area contributed by atoms with Crippen LogP contribution in [0.4, 0.5) is 0 Å². The molecule has 1 N–H and O–H groups in total. The molecule has 0 bridgehead atoms. The van der Waals surface area contributed by atoms with Crippen molar-refractivity contribution in [2.75, 3.05) is 26.7 Å². The number of nitrogens with one attached hydrogen (secondary N) is 1. The molecular formula is C16H19BrN2O2S. The van der Waals surface area contributed by atoms with Gasteiger partial charge in [0.15, 0.2) is 0 Å². The standard InChI is InChI=1S/C16H19BrN2O2S/c1-18-10-12-6-7-19(11-12)22(20,21)16-5-3-13-8-15(17)4-2-14(13)9-16/h2-5,8-9,12,18H,6-7,10-11H2,1H3. The molecule has 0 amide bonds. The highest BCUT2D eigenvalue weighted by Gasteiger charge is 2.32. The second-order valence-corrected chi connectivity index (χ2v) is 8.58. The number of halogens is 1. The van der Waals surface area contributed by atoms with Gasteiger partial charge in [0.25, 0.3) is 0 Å². The summed E-state index contributed by atoms with van der Waals surface area (Å²) in [5.74, 6) is 0.399. The molecule has 3 rings (SSSR count). The van der Waals surface area contributed by atoms with Crippen molar-refractivity contribution in [3.8, 4) is 0 Å². The Kier molecular flexibility index (Phi) is 4.54. The van der Waals surface area contributed by atoms with Gasteiger partial charge in [-0.1, -0.05) is 28.1 Å². The van der Waals surface area contributed by atoms with Gasteiger partial charge >= 0.3 is 0 Å². The van der Waals surface area contributed by atoms with E-state index < -0.39 is 10.0 Å². The quantitative estimate of drug-likeness (QED) is 0.884. The van der Waals surface area contributed by atoms with Crippen molar-refractivity contribution in [2.45, 2.75) is 11.3 Å². The van der Waals surface area contributed by atoms with Gasteiger partial charge in [-0.05, 0) is 61.0 Å². The molecule has 22 heavy (non-hydrogen) atoms. The maximum atomic E-state index is 12.8. The molecule has 0 saturated carbocycles. The molecule has 1 atom stereocenters. The minimum atomic E-state index is -3.40. The summed E-state index contributed by atoms with van der Waals surface area (Å²) in [5.41, 5.74) is 0. The van der Waals surface area contributed by atoms with Crippen molar-refractivity contribution >= 4 is 36.7 Å². The molecule has 1 heterocycles. The molecule has 1 fully saturated rings. The van der Waals surface area contributed by atoms with Gasteiger partial charge in [-0.2, -0.15) is 4.31 Å². The Morgan fingerprint density at radius 1 is 1.23 bits per heavy atom. The van der Waals surface area contributed by atoms with E-state index in [2.05, 4.69) is 21.2 Å². The first-order valence-electron chi connectivity index (χ1n) is 7.35. The number of rotatable bonds is 4. The van der Waals surface area contributed by atoms with E-state index in [1.807, 2.05) is 31.3 Å². The van der Waals surface area contributed by atoms with Crippen molar-refractivity contribution in [3.05, 3.63) is 40.9 Å². The van der Waals surface area contributed by atoms with Gasteiger partial charge in [-0.15, -0.1) is 0 Å². The fourth-order valence-corrected chi connectivity index (χ4v) is 4.92. The summed E-state index contributed by atoms with van der Waals surface area (Å²) >= 11 is 3.43. The van der Waals surface area contributed by atoms with Crippen LogP contribution in [0.15, 0.2) is 45.8 Å². The highest BCUT2D eigenvalue weighted by atomic mass is 79.9. The first-order chi connectivity index (χ1) is 10.5. The first-order valence-corrected chi connectivity index (χ1v) is 9.58. The van der Waals surface area contributed by atoms with Crippen molar-refractivity contribution < 1.29 is 8.42 Å². The molecule has 0 aromatic heterocycles. The van der Waals surface area contributed by atoms with Gasteiger partial charge in [0.1, 0.15) is 0 Å². The Morgan fingerprint density at radius 2 is 1.95 bits per heavy atom. The third kappa shape index (κ3) is 3.06. The smallest absolute Gasteiger partial charge is 0.243 e. The summed E-state index contributed by atoms with van der Waals surface area (Å²) in [7, 11) is -1.50. The Labute approximate surface area is 139 Å². The molecule has 1 aliphatic rings. The lowest BCUT2D eigenvalue weighted by Crippen LogP contribution is -2.30. The second kappa shape index (κ2) is 6.28. The predicted molar refractivity (Wildman–Crippen MR) is 92.4 cm³/mol. The lowest BCUT2D eigenvalue weighted by atomic mass is 10.1. The van der Waals surface area contributed by atoms with E-state index in [9.17, 15) is 8.42 Å². The molecule has 2 aromatic rings. The average molecular weight is 383 g/mol. The summed E-state index contributed by atoms with van der Waals surface area (Å²) in [5, 5.41) is 5.10. The second-order valence-electron chi connectivity index (χ2n) is 5.73. The highest BCUT2D eigenvalue weighted by Crippen LogP contribution is 2.27. The number of fused-ring (bicyclic) bond motifs is 1. The molecule has 1 saturated heterocycles. The summed E-state index contributed by atoms with van der Waals surface area (Å²) in [6.07, 6.45) is 0.917. The van der Waals surface area contributed by atoms with Crippen molar-refractivity contribution in [1.82, 2.24) is 9.62 Å². The summed E-state index contributed by atoms with van der Waals surface area (Å²) < 4.78 is 28.2. The third-order valence-electron chi connectivity index (χ3n) is 4.15. The van der Waals surface area contributed by atoms with E-state index in [1.165, 1.54) is 0 Å². The van der Waals surface area contributed by atoms with Crippen LogP contribution in [-0.2, 0) is 10.0 Å². The molecule has 0 spiro atoms. The minimum absolute atomic E-state index is 0.382. The van der Waals surface area contributed by atoms with Gasteiger partial charge in [0.05, 0.1) is 4.90 Å². The molecule has 2 aromatic carbocycles. The van der Waals surface area contributed by atoms with Gasteiger partial charge in [0, 0.05) is 17.6 Å². The molecule has 4 nitrogen and oxygen atoms in total. The number of benzene rings is 2. The minimum Gasteiger partial charge on any atom is -0.319 e. The Morgan fingerprint density at radius 3 is 2.73 bits per heavy atom. The van der Waals surface area contributed by atoms with Crippen LogP contribution in [0.1, 0.15) is 6.42 Å². The van der Waals surface area contributed by atoms with E-state index in [0.29, 0.717) is 23.9 Å². The van der Waals surface area contributed by atoms with E-state index in [4.69, 9.17) is 0 Å². The van der Waals surface area contributed by atoms with Gasteiger partial charge < -0.3 is 5.32 Å². The van der Waals surface area contributed by atoms with Crippen LogP contribution in [0.2, 0.25) is 0 Å². The van der Waals surface area contributed by atoms with Gasteiger partial charge in [0.2, 0.25) is 10.0 Å². The maximum Gasteiger partial charge on any atom is 0.243 e. The number of hydrogen-bond donors (Lipinski definition) is 1. The molecule has 0 aliphatic carbocycles. The van der Waals surface area contributed by atoms with Crippen LogP contribution < -0.4 is 5.32 Å². The summed E-state index contributed by atoms with van der Waals surface area (Å²) in [6, 6.07) is 11.2. The predicted octanol–water partition coefficient (Wildman–Crippen LogP) is 2.83. The van der Waals surface area contributed by atoms with Crippen LogP contribution in [0.5, 0.6) is 0 Å². The van der Waals surface area contributed by atoms with Gasteiger partial charge in [-0.3, -0.25) is 0 Å². The summed E-state index contributed by atoms with van der Waals surface area (Å²) in [4.78, 5) is 0.382. The molecule has 118 valence electrons. The third-order valence-corrected chi connectivity index (χ3v) is 6.51. The van der Waals surface area contributed by atoms with E-state index in [1.54, 1.807) is 16.4 Å². The first kappa shape index (κ1) is 15.9. The van der Waals surface area contributed by atoms with Crippen LogP contribution >= 0.6 is 15.9 Å². The highest BCUT2D eigenvalue weighted by molar-refractivity contribution is 9.10. The van der Waals surface area contributed by atoms with E-state index >= 15 is 0 Å². The van der Waals surface area contributed by atoms with Gasteiger partial charge in [-0.25, -0.2) is 8.42 Å². The van der Waals surface area contributed by atoms with Crippen LogP contribution in [0.25, 0.3) is 10.8 Å². The van der Waals surface area contributed by atoms with Crippen molar-refractivity contribution in [2.24, 2.45) is 5.92 Å². The Balaban J connectivity index is 1.91.